The van der Waals surface area contributed by atoms with Crippen LogP contribution in [0.15, 0.2) is 84.9 Å². The molecule has 2 heterocycles. The first-order valence-electron chi connectivity index (χ1n) is 13.1. The van der Waals surface area contributed by atoms with Crippen LogP contribution in [0.3, 0.4) is 0 Å². The highest BCUT2D eigenvalue weighted by Gasteiger charge is 2.35. The van der Waals surface area contributed by atoms with Gasteiger partial charge in [0.1, 0.15) is 12.4 Å². The fraction of sp³-hybridized carbons (Fsp3) is 0.242. The molecule has 4 aromatic rings. The zero-order chi connectivity index (χ0) is 26.1. The van der Waals surface area contributed by atoms with E-state index in [9.17, 15) is 4.79 Å². The maximum Gasteiger partial charge on any atom is 0.196 e. The molecule has 192 valence electrons. The van der Waals surface area contributed by atoms with Gasteiger partial charge < -0.3 is 14.2 Å². The number of hydrogen-bond donors (Lipinski definition) is 0. The lowest BCUT2D eigenvalue weighted by molar-refractivity contribution is 0.103. The number of fused-ring (bicyclic) bond motifs is 4. The molecule has 5 heteroatoms. The molecule has 0 fully saturated rings. The minimum atomic E-state index is -0.0105. The Morgan fingerprint density at radius 3 is 2.37 bits per heavy atom. The highest BCUT2D eigenvalue weighted by atomic mass is 16.5. The average molecular weight is 506 g/mol. The van der Waals surface area contributed by atoms with Crippen molar-refractivity contribution in [2.24, 2.45) is 0 Å². The van der Waals surface area contributed by atoms with Crippen molar-refractivity contribution >= 4 is 5.78 Å². The SMILES string of the molecule is COc1cc2c(cc1OCc1ccccc1)C1Cc3ccc(C(=O)c4ccccc4)c(OC)c3CN1CC2. The summed E-state index contributed by atoms with van der Waals surface area (Å²) in [5.41, 5.74) is 7.34. The molecule has 5 nitrogen and oxygen atoms in total. The van der Waals surface area contributed by atoms with Crippen LogP contribution in [0.1, 0.15) is 49.8 Å². The standard InChI is InChI=1S/C33H31NO4/c1-36-30-18-25-15-16-34-20-28-24(13-14-26(33(28)37-2)32(35)23-11-7-4-8-12-23)17-29(34)27(25)19-31(30)38-21-22-9-5-3-6-10-22/h3-14,18-19,29H,15-17,20-21H2,1-2H3. The second kappa shape index (κ2) is 10.3. The fourth-order valence-corrected chi connectivity index (χ4v) is 5.80. The molecule has 0 saturated carbocycles. The summed E-state index contributed by atoms with van der Waals surface area (Å²) < 4.78 is 17.8. The van der Waals surface area contributed by atoms with E-state index in [2.05, 4.69) is 35.2 Å². The average Bonchev–Trinajstić information content (AvgIpc) is 2.98. The smallest absolute Gasteiger partial charge is 0.196 e. The molecule has 0 aromatic heterocycles. The molecule has 0 amide bonds. The summed E-state index contributed by atoms with van der Waals surface area (Å²) in [5.74, 6) is 2.23. The first-order valence-corrected chi connectivity index (χ1v) is 13.1. The first kappa shape index (κ1) is 24.3. The lowest BCUT2D eigenvalue weighted by Gasteiger charge is -2.42. The van der Waals surface area contributed by atoms with E-state index in [1.807, 2.05) is 54.6 Å². The Kier molecular flexibility index (Phi) is 6.61. The molecule has 38 heavy (non-hydrogen) atoms. The number of ether oxygens (including phenoxy) is 3. The predicted molar refractivity (Wildman–Crippen MR) is 147 cm³/mol. The summed E-state index contributed by atoms with van der Waals surface area (Å²) in [4.78, 5) is 15.8. The summed E-state index contributed by atoms with van der Waals surface area (Å²) in [6, 6.07) is 28.2. The number of methoxy groups -OCH3 is 2. The van der Waals surface area contributed by atoms with E-state index >= 15 is 0 Å². The van der Waals surface area contributed by atoms with Crippen LogP contribution in [0.2, 0.25) is 0 Å². The summed E-state index contributed by atoms with van der Waals surface area (Å²) in [6.07, 6.45) is 1.78. The van der Waals surface area contributed by atoms with Crippen molar-refractivity contribution in [1.82, 2.24) is 4.90 Å². The largest absolute Gasteiger partial charge is 0.496 e. The molecule has 0 bridgehead atoms. The van der Waals surface area contributed by atoms with Gasteiger partial charge in [0.2, 0.25) is 0 Å². The molecule has 0 spiro atoms. The van der Waals surface area contributed by atoms with E-state index in [4.69, 9.17) is 14.2 Å². The summed E-state index contributed by atoms with van der Waals surface area (Å²) in [7, 11) is 3.36. The van der Waals surface area contributed by atoms with Gasteiger partial charge in [-0.1, -0.05) is 66.7 Å². The summed E-state index contributed by atoms with van der Waals surface area (Å²) in [6.45, 7) is 2.16. The van der Waals surface area contributed by atoms with E-state index in [1.165, 1.54) is 16.7 Å². The van der Waals surface area contributed by atoms with Crippen molar-refractivity contribution in [3.63, 3.8) is 0 Å². The Bertz CT molecular complexity index is 1470. The Morgan fingerprint density at radius 2 is 1.63 bits per heavy atom. The van der Waals surface area contributed by atoms with Crippen LogP contribution in [0, 0.1) is 0 Å². The molecule has 4 aromatic carbocycles. The number of carbonyl (C=O) groups is 1. The topological polar surface area (TPSA) is 48.0 Å². The Hall–Kier alpha value is -4.09. The number of nitrogens with zero attached hydrogens (tertiary/aromatic N) is 1. The maximum atomic E-state index is 13.3. The van der Waals surface area contributed by atoms with Crippen molar-refractivity contribution in [3.8, 4) is 17.2 Å². The zero-order valence-electron chi connectivity index (χ0n) is 21.8. The van der Waals surface area contributed by atoms with Crippen LogP contribution >= 0.6 is 0 Å². The van der Waals surface area contributed by atoms with Gasteiger partial charge in [0.15, 0.2) is 17.3 Å². The van der Waals surface area contributed by atoms with Gasteiger partial charge in [0.05, 0.1) is 19.8 Å². The third-order valence-corrected chi connectivity index (χ3v) is 7.75. The van der Waals surface area contributed by atoms with Crippen molar-refractivity contribution in [3.05, 3.63) is 124 Å². The molecule has 0 aliphatic carbocycles. The lowest BCUT2D eigenvalue weighted by atomic mass is 9.82. The van der Waals surface area contributed by atoms with Gasteiger partial charge in [-0.3, -0.25) is 9.69 Å². The molecule has 2 aliphatic heterocycles. The van der Waals surface area contributed by atoms with Gasteiger partial charge in [-0.25, -0.2) is 0 Å². The second-order valence-electron chi connectivity index (χ2n) is 9.90. The zero-order valence-corrected chi connectivity index (χ0v) is 21.8. The lowest BCUT2D eigenvalue weighted by Crippen LogP contribution is -2.39. The van der Waals surface area contributed by atoms with Crippen LogP contribution in [0.25, 0.3) is 0 Å². The van der Waals surface area contributed by atoms with E-state index in [0.717, 1.165) is 48.6 Å². The van der Waals surface area contributed by atoms with Crippen molar-refractivity contribution < 1.29 is 19.0 Å². The number of ketones is 1. The monoisotopic (exact) mass is 505 g/mol. The molecular weight excluding hydrogens is 474 g/mol. The molecule has 0 radical (unpaired) electrons. The fourth-order valence-electron chi connectivity index (χ4n) is 5.80. The molecule has 2 aliphatic rings. The Labute approximate surface area is 223 Å². The minimum Gasteiger partial charge on any atom is -0.496 e. The van der Waals surface area contributed by atoms with Crippen molar-refractivity contribution in [2.75, 3.05) is 20.8 Å². The quantitative estimate of drug-likeness (QED) is 0.281. The van der Waals surface area contributed by atoms with Gasteiger partial charge in [-0.05, 0) is 53.3 Å². The van der Waals surface area contributed by atoms with Crippen LogP contribution in [0.4, 0.5) is 0 Å². The summed E-state index contributed by atoms with van der Waals surface area (Å²) >= 11 is 0. The number of benzene rings is 4. The first-order chi connectivity index (χ1) is 18.7. The van der Waals surface area contributed by atoms with Crippen LogP contribution in [-0.4, -0.2) is 31.4 Å². The second-order valence-corrected chi connectivity index (χ2v) is 9.90. The van der Waals surface area contributed by atoms with E-state index in [0.29, 0.717) is 23.5 Å². The van der Waals surface area contributed by atoms with Gasteiger partial charge in [-0.2, -0.15) is 0 Å². The molecule has 1 atom stereocenters. The van der Waals surface area contributed by atoms with Gasteiger partial charge in [0, 0.05) is 30.3 Å². The van der Waals surface area contributed by atoms with Crippen LogP contribution < -0.4 is 14.2 Å². The van der Waals surface area contributed by atoms with Crippen LogP contribution in [0.5, 0.6) is 17.2 Å². The number of rotatable bonds is 7. The highest BCUT2D eigenvalue weighted by Crippen LogP contribution is 2.45. The molecule has 6 rings (SSSR count). The minimum absolute atomic E-state index is 0.0105. The van der Waals surface area contributed by atoms with Gasteiger partial charge >= 0.3 is 0 Å². The predicted octanol–water partition coefficient (Wildman–Crippen LogP) is 6.17. The van der Waals surface area contributed by atoms with Crippen molar-refractivity contribution in [2.45, 2.75) is 32.0 Å². The van der Waals surface area contributed by atoms with Crippen molar-refractivity contribution in [1.29, 1.82) is 0 Å². The van der Waals surface area contributed by atoms with Gasteiger partial charge in [0.25, 0.3) is 0 Å². The van der Waals surface area contributed by atoms with E-state index < -0.39 is 0 Å². The third kappa shape index (κ3) is 4.44. The van der Waals surface area contributed by atoms with Gasteiger partial charge in [-0.15, -0.1) is 0 Å². The van der Waals surface area contributed by atoms with Crippen LogP contribution in [-0.2, 0) is 26.0 Å². The molecule has 0 saturated heterocycles. The Balaban J connectivity index is 1.32. The number of carbonyl (C=O) groups excluding carboxylic acids is 1. The third-order valence-electron chi connectivity index (χ3n) is 7.75. The molecular formula is C33H31NO4. The molecule has 0 N–H and O–H groups in total. The van der Waals surface area contributed by atoms with E-state index in [-0.39, 0.29) is 11.8 Å². The molecule has 1 unspecified atom stereocenters. The normalized spacial score (nSPS) is 16.1. The summed E-state index contributed by atoms with van der Waals surface area (Å²) in [5, 5.41) is 0. The van der Waals surface area contributed by atoms with E-state index in [1.54, 1.807) is 14.2 Å². The highest BCUT2D eigenvalue weighted by molar-refractivity contribution is 6.11. The number of hydrogen-bond acceptors (Lipinski definition) is 5. The maximum absolute atomic E-state index is 13.3. The Morgan fingerprint density at radius 1 is 0.868 bits per heavy atom.